The van der Waals surface area contributed by atoms with Gasteiger partial charge < -0.3 is 15.4 Å². The molecule has 2 unspecified atom stereocenters. The number of aryl methyl sites for hydroxylation is 1. The van der Waals surface area contributed by atoms with Gasteiger partial charge in [0.15, 0.2) is 0 Å². The molecule has 0 bridgehead atoms. The number of methoxy groups -OCH3 is 1. The minimum Gasteiger partial charge on any atom is -0.495 e. The minimum absolute atomic E-state index is 0.308. The van der Waals surface area contributed by atoms with Crippen molar-refractivity contribution in [3.05, 3.63) is 23.8 Å². The predicted molar refractivity (Wildman–Crippen MR) is 69.7 cm³/mol. The lowest BCUT2D eigenvalue weighted by Crippen LogP contribution is -2.50. The maximum atomic E-state index is 6.11. The number of benzene rings is 1. The second-order valence-electron chi connectivity index (χ2n) is 5.15. The summed E-state index contributed by atoms with van der Waals surface area (Å²) >= 11 is 0. The summed E-state index contributed by atoms with van der Waals surface area (Å²) in [6.45, 7) is 0.970. The van der Waals surface area contributed by atoms with E-state index in [4.69, 9.17) is 10.5 Å². The second kappa shape index (κ2) is 4.22. The number of nitrogens with zero attached hydrogens (tertiary/aromatic N) is 1. The summed E-state index contributed by atoms with van der Waals surface area (Å²) in [6, 6.07) is 7.33. The van der Waals surface area contributed by atoms with Gasteiger partial charge in [0.25, 0.3) is 0 Å². The highest BCUT2D eigenvalue weighted by Crippen LogP contribution is 2.41. The van der Waals surface area contributed by atoms with Gasteiger partial charge in [0.05, 0.1) is 12.8 Å². The second-order valence-corrected chi connectivity index (χ2v) is 5.15. The smallest absolute Gasteiger partial charge is 0.142 e. The largest absolute Gasteiger partial charge is 0.495 e. The molecule has 1 fully saturated rings. The standard InChI is InChI=1S/C14H20N2O/c1-17-13-4-2-3-10-5-7-12-8-6-11(15)9-16(12)14(10)13/h2-4,11-12H,5-9,15H2,1H3. The molecule has 0 aliphatic carbocycles. The summed E-state index contributed by atoms with van der Waals surface area (Å²) in [5, 5.41) is 0. The summed E-state index contributed by atoms with van der Waals surface area (Å²) in [5.74, 6) is 1.00. The third kappa shape index (κ3) is 1.78. The maximum Gasteiger partial charge on any atom is 0.142 e. The van der Waals surface area contributed by atoms with E-state index >= 15 is 0 Å². The first-order chi connectivity index (χ1) is 8.29. The van der Waals surface area contributed by atoms with E-state index in [1.54, 1.807) is 7.11 Å². The molecule has 3 rings (SSSR count). The van der Waals surface area contributed by atoms with Crippen molar-refractivity contribution < 1.29 is 4.74 Å². The van der Waals surface area contributed by atoms with Crippen LogP contribution < -0.4 is 15.4 Å². The first-order valence-electron chi connectivity index (χ1n) is 6.47. The molecule has 1 aromatic carbocycles. The fourth-order valence-electron chi connectivity index (χ4n) is 3.21. The number of ether oxygens (including phenoxy) is 1. The third-order valence-electron chi connectivity index (χ3n) is 4.08. The Morgan fingerprint density at radius 3 is 3.00 bits per heavy atom. The van der Waals surface area contributed by atoms with Crippen LogP contribution in [0.2, 0.25) is 0 Å². The average molecular weight is 232 g/mol. The highest BCUT2D eigenvalue weighted by molar-refractivity contribution is 5.66. The van der Waals surface area contributed by atoms with Gasteiger partial charge in [-0.1, -0.05) is 12.1 Å². The number of anilines is 1. The van der Waals surface area contributed by atoms with Crippen molar-refractivity contribution in [2.75, 3.05) is 18.6 Å². The number of hydrogen-bond acceptors (Lipinski definition) is 3. The molecular formula is C14H20N2O. The summed E-state index contributed by atoms with van der Waals surface area (Å²) in [7, 11) is 1.75. The van der Waals surface area contributed by atoms with E-state index in [0.29, 0.717) is 12.1 Å². The molecule has 3 heteroatoms. The molecule has 92 valence electrons. The van der Waals surface area contributed by atoms with Crippen LogP contribution in [0.3, 0.4) is 0 Å². The van der Waals surface area contributed by atoms with Crippen LogP contribution in [0.5, 0.6) is 5.75 Å². The Bertz CT molecular complexity index is 404. The zero-order valence-corrected chi connectivity index (χ0v) is 10.4. The van der Waals surface area contributed by atoms with E-state index in [1.807, 2.05) is 0 Å². The normalized spacial score (nSPS) is 27.3. The van der Waals surface area contributed by atoms with E-state index in [9.17, 15) is 0 Å². The fourth-order valence-corrected chi connectivity index (χ4v) is 3.21. The molecule has 3 nitrogen and oxygen atoms in total. The molecule has 2 aliphatic rings. The minimum atomic E-state index is 0.308. The van der Waals surface area contributed by atoms with Crippen molar-refractivity contribution in [3.63, 3.8) is 0 Å². The Hall–Kier alpha value is -1.22. The average Bonchev–Trinajstić information content (AvgIpc) is 2.37. The summed E-state index contributed by atoms with van der Waals surface area (Å²) in [6.07, 6.45) is 4.81. The lowest BCUT2D eigenvalue weighted by molar-refractivity contribution is 0.373. The van der Waals surface area contributed by atoms with Crippen molar-refractivity contribution >= 4 is 5.69 Å². The highest BCUT2D eigenvalue weighted by Gasteiger charge is 2.32. The van der Waals surface area contributed by atoms with Gasteiger partial charge in [0.1, 0.15) is 5.75 Å². The first kappa shape index (κ1) is 10.9. The Morgan fingerprint density at radius 2 is 2.18 bits per heavy atom. The molecule has 0 radical (unpaired) electrons. The van der Waals surface area contributed by atoms with Gasteiger partial charge in [0.2, 0.25) is 0 Å². The SMILES string of the molecule is COc1cccc2c1N1CC(N)CCC1CC2. The molecule has 17 heavy (non-hydrogen) atoms. The number of rotatable bonds is 1. The summed E-state index contributed by atoms with van der Waals surface area (Å²) in [4.78, 5) is 2.48. The monoisotopic (exact) mass is 232 g/mol. The van der Waals surface area contributed by atoms with Crippen LogP contribution in [-0.4, -0.2) is 25.7 Å². The van der Waals surface area contributed by atoms with Crippen LogP contribution in [0.25, 0.3) is 0 Å². The number of hydrogen-bond donors (Lipinski definition) is 1. The highest BCUT2D eigenvalue weighted by atomic mass is 16.5. The van der Waals surface area contributed by atoms with Gasteiger partial charge in [-0.3, -0.25) is 0 Å². The molecule has 0 amide bonds. The zero-order valence-electron chi connectivity index (χ0n) is 10.4. The molecule has 2 heterocycles. The van der Waals surface area contributed by atoms with Crippen LogP contribution >= 0.6 is 0 Å². The van der Waals surface area contributed by atoms with Crippen molar-refractivity contribution in [1.82, 2.24) is 0 Å². The van der Waals surface area contributed by atoms with E-state index in [0.717, 1.165) is 18.7 Å². The lowest BCUT2D eigenvalue weighted by Gasteiger charge is -2.44. The van der Waals surface area contributed by atoms with Gasteiger partial charge >= 0.3 is 0 Å². The number of para-hydroxylation sites is 1. The Kier molecular flexibility index (Phi) is 2.71. The van der Waals surface area contributed by atoms with Gasteiger partial charge in [-0.25, -0.2) is 0 Å². The Morgan fingerprint density at radius 1 is 1.29 bits per heavy atom. The first-order valence-corrected chi connectivity index (χ1v) is 6.47. The molecule has 2 N–H and O–H groups in total. The van der Waals surface area contributed by atoms with Crippen LogP contribution in [0, 0.1) is 0 Å². The molecule has 0 saturated carbocycles. The maximum absolute atomic E-state index is 6.11. The van der Waals surface area contributed by atoms with Crippen LogP contribution in [0.4, 0.5) is 5.69 Å². The molecule has 2 aliphatic heterocycles. The zero-order chi connectivity index (χ0) is 11.8. The molecule has 0 spiro atoms. The number of piperidine rings is 1. The molecule has 1 saturated heterocycles. The molecular weight excluding hydrogens is 212 g/mol. The van der Waals surface area contributed by atoms with E-state index < -0.39 is 0 Å². The van der Waals surface area contributed by atoms with Gasteiger partial charge in [-0.05, 0) is 37.3 Å². The molecule has 0 aromatic heterocycles. The van der Waals surface area contributed by atoms with E-state index in [-0.39, 0.29) is 0 Å². The fraction of sp³-hybridized carbons (Fsp3) is 0.571. The number of fused-ring (bicyclic) bond motifs is 3. The van der Waals surface area contributed by atoms with Gasteiger partial charge in [-0.15, -0.1) is 0 Å². The van der Waals surface area contributed by atoms with Crippen molar-refractivity contribution in [2.45, 2.75) is 37.8 Å². The van der Waals surface area contributed by atoms with E-state index in [2.05, 4.69) is 23.1 Å². The molecule has 1 aromatic rings. The van der Waals surface area contributed by atoms with Gasteiger partial charge in [-0.2, -0.15) is 0 Å². The Balaban J connectivity index is 2.03. The Labute approximate surface area is 103 Å². The van der Waals surface area contributed by atoms with Crippen molar-refractivity contribution in [3.8, 4) is 5.75 Å². The topological polar surface area (TPSA) is 38.5 Å². The number of nitrogens with two attached hydrogens (primary N) is 1. The van der Waals surface area contributed by atoms with Crippen molar-refractivity contribution in [1.29, 1.82) is 0 Å². The van der Waals surface area contributed by atoms with Crippen LogP contribution in [0.15, 0.2) is 18.2 Å². The van der Waals surface area contributed by atoms with E-state index in [1.165, 1.54) is 30.5 Å². The van der Waals surface area contributed by atoms with Gasteiger partial charge in [0, 0.05) is 18.6 Å². The summed E-state index contributed by atoms with van der Waals surface area (Å²) in [5.41, 5.74) is 8.81. The third-order valence-corrected chi connectivity index (χ3v) is 4.08. The van der Waals surface area contributed by atoms with Crippen LogP contribution in [0.1, 0.15) is 24.8 Å². The molecule has 2 atom stereocenters. The predicted octanol–water partition coefficient (Wildman–Crippen LogP) is 1.94. The van der Waals surface area contributed by atoms with Crippen molar-refractivity contribution in [2.24, 2.45) is 5.73 Å². The van der Waals surface area contributed by atoms with Crippen LogP contribution in [-0.2, 0) is 6.42 Å². The lowest BCUT2D eigenvalue weighted by atomic mass is 9.88. The summed E-state index contributed by atoms with van der Waals surface area (Å²) < 4.78 is 5.51. The quantitative estimate of drug-likeness (QED) is 0.804.